The maximum atomic E-state index is 12.1. The zero-order chi connectivity index (χ0) is 18.8. The van der Waals surface area contributed by atoms with Gasteiger partial charge in [0.05, 0.1) is 12.8 Å². The number of rotatable bonds is 8. The Bertz CT molecular complexity index is 798. The average molecular weight is 391 g/mol. The third-order valence-electron chi connectivity index (χ3n) is 4.87. The lowest BCUT2D eigenvalue weighted by molar-refractivity contribution is -0.139. The highest BCUT2D eigenvalue weighted by atomic mass is 32.1. The number of carbonyl (C=O) groups is 2. The van der Waals surface area contributed by atoms with Gasteiger partial charge >= 0.3 is 12.0 Å². The molecule has 0 unspecified atom stereocenters. The zero-order valence-corrected chi connectivity index (χ0v) is 15.4. The number of urea groups is 1. The number of hydrogen-bond acceptors (Lipinski definition) is 7. The molecular formula is C17H21N5O4S. The van der Waals surface area contributed by atoms with Gasteiger partial charge in [0.15, 0.2) is 10.8 Å². The fourth-order valence-corrected chi connectivity index (χ4v) is 3.95. The number of carboxylic acid groups (broad SMARTS) is 1. The summed E-state index contributed by atoms with van der Waals surface area (Å²) in [6.07, 6.45) is 5.46. The Morgan fingerprint density at radius 3 is 2.81 bits per heavy atom. The van der Waals surface area contributed by atoms with Gasteiger partial charge in [0.1, 0.15) is 0 Å². The molecule has 2 aromatic rings. The SMILES string of the molecule is O=C(O)CN(CC1CC1)C1CC(NC(=O)Nc2nnc(-c3ccco3)s2)C1. The maximum absolute atomic E-state index is 12.1. The summed E-state index contributed by atoms with van der Waals surface area (Å²) in [7, 11) is 0. The van der Waals surface area contributed by atoms with E-state index in [1.165, 1.54) is 24.2 Å². The van der Waals surface area contributed by atoms with Crippen molar-refractivity contribution in [3.05, 3.63) is 18.4 Å². The van der Waals surface area contributed by atoms with Crippen molar-refractivity contribution < 1.29 is 19.1 Å². The molecule has 2 aromatic heterocycles. The van der Waals surface area contributed by atoms with Crippen LogP contribution in [0.4, 0.5) is 9.93 Å². The fourth-order valence-electron chi connectivity index (χ4n) is 3.24. The lowest BCUT2D eigenvalue weighted by Gasteiger charge is -2.42. The predicted molar refractivity (Wildman–Crippen MR) is 98.5 cm³/mol. The van der Waals surface area contributed by atoms with Gasteiger partial charge in [0.2, 0.25) is 5.13 Å². The first-order valence-electron chi connectivity index (χ1n) is 8.97. The zero-order valence-electron chi connectivity index (χ0n) is 14.6. The van der Waals surface area contributed by atoms with Crippen LogP contribution in [0, 0.1) is 5.92 Å². The lowest BCUT2D eigenvalue weighted by atomic mass is 9.85. The van der Waals surface area contributed by atoms with E-state index in [9.17, 15) is 9.59 Å². The molecule has 2 aliphatic carbocycles. The van der Waals surface area contributed by atoms with E-state index in [4.69, 9.17) is 9.52 Å². The van der Waals surface area contributed by atoms with Crippen molar-refractivity contribution in [2.24, 2.45) is 5.92 Å². The molecule has 3 N–H and O–H groups in total. The van der Waals surface area contributed by atoms with Crippen LogP contribution in [-0.4, -0.2) is 57.4 Å². The smallest absolute Gasteiger partial charge is 0.321 e. The molecule has 0 radical (unpaired) electrons. The first kappa shape index (κ1) is 17.9. The monoisotopic (exact) mass is 391 g/mol. The van der Waals surface area contributed by atoms with Crippen molar-refractivity contribution in [1.82, 2.24) is 20.4 Å². The Labute approximate surface area is 159 Å². The summed E-state index contributed by atoms with van der Waals surface area (Å²) < 4.78 is 5.26. The number of hydrogen-bond donors (Lipinski definition) is 3. The topological polar surface area (TPSA) is 121 Å². The van der Waals surface area contributed by atoms with Crippen LogP contribution in [0.1, 0.15) is 25.7 Å². The number of nitrogens with zero attached hydrogens (tertiary/aromatic N) is 3. The lowest BCUT2D eigenvalue weighted by Crippen LogP contribution is -2.55. The van der Waals surface area contributed by atoms with E-state index in [0.29, 0.717) is 21.8 Å². The Balaban J connectivity index is 1.23. The van der Waals surface area contributed by atoms with Crippen molar-refractivity contribution in [2.75, 3.05) is 18.4 Å². The summed E-state index contributed by atoms with van der Waals surface area (Å²) in [6, 6.07) is 3.48. The van der Waals surface area contributed by atoms with Gasteiger partial charge < -0.3 is 14.8 Å². The van der Waals surface area contributed by atoms with Crippen LogP contribution in [0.2, 0.25) is 0 Å². The molecular weight excluding hydrogens is 370 g/mol. The molecule has 2 heterocycles. The summed E-state index contributed by atoms with van der Waals surface area (Å²) in [5.74, 6) is 0.450. The van der Waals surface area contributed by atoms with Crippen molar-refractivity contribution >= 4 is 28.5 Å². The molecule has 0 saturated heterocycles. The molecule has 0 atom stereocenters. The molecule has 27 heavy (non-hydrogen) atoms. The van der Waals surface area contributed by atoms with Crippen LogP contribution >= 0.6 is 11.3 Å². The van der Waals surface area contributed by atoms with Gasteiger partial charge in [0, 0.05) is 18.6 Å². The van der Waals surface area contributed by atoms with Crippen LogP contribution in [0.25, 0.3) is 10.8 Å². The quantitative estimate of drug-likeness (QED) is 0.631. The fraction of sp³-hybridized carbons (Fsp3) is 0.529. The number of anilines is 1. The van der Waals surface area contributed by atoms with E-state index < -0.39 is 5.97 Å². The Morgan fingerprint density at radius 2 is 2.15 bits per heavy atom. The number of carbonyl (C=O) groups excluding carboxylic acids is 1. The average Bonchev–Trinajstić information content (AvgIpc) is 3.06. The van der Waals surface area contributed by atoms with Crippen LogP contribution in [-0.2, 0) is 4.79 Å². The van der Waals surface area contributed by atoms with Crippen molar-refractivity contribution in [3.8, 4) is 10.8 Å². The maximum Gasteiger partial charge on any atom is 0.321 e. The summed E-state index contributed by atoms with van der Waals surface area (Å²) >= 11 is 1.24. The highest BCUT2D eigenvalue weighted by Crippen LogP contribution is 2.34. The number of carboxylic acids is 1. The van der Waals surface area contributed by atoms with E-state index in [1.54, 1.807) is 18.4 Å². The first-order valence-corrected chi connectivity index (χ1v) is 9.79. The van der Waals surface area contributed by atoms with Gasteiger partial charge in [0.25, 0.3) is 0 Å². The van der Waals surface area contributed by atoms with Gasteiger partial charge in [-0.1, -0.05) is 11.3 Å². The Morgan fingerprint density at radius 1 is 1.33 bits per heavy atom. The highest BCUT2D eigenvalue weighted by molar-refractivity contribution is 7.18. The number of aliphatic carboxylic acids is 1. The number of nitrogens with one attached hydrogen (secondary N) is 2. The minimum atomic E-state index is -0.798. The van der Waals surface area contributed by atoms with Crippen LogP contribution in [0.15, 0.2) is 22.8 Å². The first-order chi connectivity index (χ1) is 13.1. The molecule has 144 valence electrons. The molecule has 2 amide bonds. The van der Waals surface area contributed by atoms with Gasteiger partial charge in [-0.3, -0.25) is 15.0 Å². The number of aromatic nitrogens is 2. The van der Waals surface area contributed by atoms with Gasteiger partial charge in [-0.05, 0) is 43.7 Å². The summed E-state index contributed by atoms with van der Waals surface area (Å²) in [5.41, 5.74) is 0. The van der Waals surface area contributed by atoms with E-state index in [-0.39, 0.29) is 24.7 Å². The Kier molecular flexibility index (Phi) is 5.08. The molecule has 0 bridgehead atoms. The van der Waals surface area contributed by atoms with Gasteiger partial charge in [-0.25, -0.2) is 4.79 Å². The highest BCUT2D eigenvalue weighted by Gasteiger charge is 2.37. The molecule has 2 saturated carbocycles. The van der Waals surface area contributed by atoms with E-state index in [0.717, 1.165) is 19.4 Å². The van der Waals surface area contributed by atoms with Crippen LogP contribution in [0.5, 0.6) is 0 Å². The second-order valence-electron chi connectivity index (χ2n) is 7.08. The van der Waals surface area contributed by atoms with Gasteiger partial charge in [-0.2, -0.15) is 0 Å². The second kappa shape index (κ2) is 7.65. The molecule has 2 fully saturated rings. The predicted octanol–water partition coefficient (Wildman–Crippen LogP) is 2.25. The van der Waals surface area contributed by atoms with Crippen LogP contribution in [0.3, 0.4) is 0 Å². The van der Waals surface area contributed by atoms with Crippen molar-refractivity contribution in [1.29, 1.82) is 0 Å². The normalized spacial score (nSPS) is 21.7. The van der Waals surface area contributed by atoms with E-state index in [1.807, 2.05) is 4.90 Å². The minimum absolute atomic E-state index is 0.0444. The minimum Gasteiger partial charge on any atom is -0.480 e. The summed E-state index contributed by atoms with van der Waals surface area (Å²) in [4.78, 5) is 25.2. The summed E-state index contributed by atoms with van der Waals surface area (Å²) in [6.45, 7) is 0.913. The molecule has 0 aromatic carbocycles. The second-order valence-corrected chi connectivity index (χ2v) is 8.05. The molecule has 10 heteroatoms. The largest absolute Gasteiger partial charge is 0.480 e. The molecule has 0 aliphatic heterocycles. The van der Waals surface area contributed by atoms with E-state index in [2.05, 4.69) is 20.8 Å². The third-order valence-corrected chi connectivity index (χ3v) is 5.72. The van der Waals surface area contributed by atoms with Crippen molar-refractivity contribution in [3.63, 3.8) is 0 Å². The number of furan rings is 1. The third kappa shape index (κ3) is 4.64. The van der Waals surface area contributed by atoms with Crippen LogP contribution < -0.4 is 10.6 Å². The Hall–Kier alpha value is -2.46. The number of amides is 2. The molecule has 9 nitrogen and oxygen atoms in total. The van der Waals surface area contributed by atoms with Gasteiger partial charge in [-0.15, -0.1) is 10.2 Å². The standard InChI is InChI=1S/C17H21N5O4S/c23-14(24)9-22(8-10-3-4-10)12-6-11(7-12)18-16(25)19-17-21-20-15(27-17)13-2-1-5-26-13/h1-2,5,10-12H,3-4,6-9H2,(H,23,24)(H2,18,19,21,25). The van der Waals surface area contributed by atoms with Crippen molar-refractivity contribution in [2.45, 2.75) is 37.8 Å². The molecule has 0 spiro atoms. The summed E-state index contributed by atoms with van der Waals surface area (Å²) in [5, 5.41) is 23.6. The molecule has 4 rings (SSSR count). The molecule has 2 aliphatic rings. The van der Waals surface area contributed by atoms with E-state index >= 15 is 0 Å².